The summed E-state index contributed by atoms with van der Waals surface area (Å²) in [5.74, 6) is -0.734. The number of nitriles is 1. The summed E-state index contributed by atoms with van der Waals surface area (Å²) < 4.78 is 15.3. The van der Waals surface area contributed by atoms with E-state index in [2.05, 4.69) is 16.5 Å². The summed E-state index contributed by atoms with van der Waals surface area (Å²) in [4.78, 5) is 12.5. The third-order valence-corrected chi connectivity index (χ3v) is 3.83. The molecule has 0 spiro atoms. The maximum atomic E-state index is 13.9. The van der Waals surface area contributed by atoms with E-state index < -0.39 is 5.82 Å². The molecule has 6 heteroatoms. The van der Waals surface area contributed by atoms with Crippen molar-refractivity contribution in [3.8, 4) is 11.8 Å². The van der Waals surface area contributed by atoms with Crippen LogP contribution in [0.5, 0.6) is 0 Å². The van der Waals surface area contributed by atoms with E-state index in [0.717, 1.165) is 5.56 Å². The molecule has 1 heterocycles. The standard InChI is InChI=1S/C19H15FN4O/c1-13-16(12-22-24(13)18-5-3-2-4-17(18)20)19(25)23-15-8-6-14(7-9-15)10-11-21/h2-9,12H,10H2,1H3,(H,23,25). The van der Waals surface area contributed by atoms with E-state index in [-0.39, 0.29) is 5.91 Å². The molecular weight excluding hydrogens is 319 g/mol. The molecule has 5 nitrogen and oxygen atoms in total. The van der Waals surface area contributed by atoms with Crippen LogP contribution in [0.1, 0.15) is 21.6 Å². The largest absolute Gasteiger partial charge is 0.322 e. The van der Waals surface area contributed by atoms with E-state index in [1.165, 1.54) is 16.9 Å². The number of amides is 1. The molecule has 1 N–H and O–H groups in total. The lowest BCUT2D eigenvalue weighted by Gasteiger charge is -2.07. The highest BCUT2D eigenvalue weighted by Crippen LogP contribution is 2.18. The molecule has 0 unspecified atom stereocenters. The van der Waals surface area contributed by atoms with Crippen molar-refractivity contribution in [3.05, 3.63) is 77.4 Å². The van der Waals surface area contributed by atoms with Gasteiger partial charge in [0, 0.05) is 5.69 Å². The number of aromatic nitrogens is 2. The molecule has 0 bridgehead atoms. The Morgan fingerprint density at radius 2 is 1.96 bits per heavy atom. The van der Waals surface area contributed by atoms with Crippen LogP contribution in [0.2, 0.25) is 0 Å². The number of hydrogen-bond donors (Lipinski definition) is 1. The van der Waals surface area contributed by atoms with Gasteiger partial charge in [0.1, 0.15) is 11.5 Å². The van der Waals surface area contributed by atoms with Gasteiger partial charge in [-0.05, 0) is 36.8 Å². The third kappa shape index (κ3) is 3.40. The highest BCUT2D eigenvalue weighted by Gasteiger charge is 2.16. The second kappa shape index (κ2) is 6.97. The van der Waals surface area contributed by atoms with Gasteiger partial charge in [0.2, 0.25) is 0 Å². The molecule has 3 aromatic rings. The first-order valence-electron chi connectivity index (χ1n) is 7.67. The van der Waals surface area contributed by atoms with Crippen LogP contribution in [0.25, 0.3) is 5.69 Å². The van der Waals surface area contributed by atoms with Crippen molar-refractivity contribution in [2.45, 2.75) is 13.3 Å². The van der Waals surface area contributed by atoms with Gasteiger partial charge in [-0.25, -0.2) is 9.07 Å². The molecule has 0 aliphatic carbocycles. The summed E-state index contributed by atoms with van der Waals surface area (Å²) in [5.41, 5.74) is 2.70. The third-order valence-electron chi connectivity index (χ3n) is 3.83. The van der Waals surface area contributed by atoms with Crippen LogP contribution in [0.4, 0.5) is 10.1 Å². The normalized spacial score (nSPS) is 10.3. The molecule has 0 saturated carbocycles. The van der Waals surface area contributed by atoms with Crippen molar-refractivity contribution in [3.63, 3.8) is 0 Å². The van der Waals surface area contributed by atoms with Crippen molar-refractivity contribution in [2.75, 3.05) is 5.32 Å². The maximum Gasteiger partial charge on any atom is 0.259 e. The number of nitrogens with zero attached hydrogens (tertiary/aromatic N) is 3. The quantitative estimate of drug-likeness (QED) is 0.792. The Labute approximate surface area is 144 Å². The van der Waals surface area contributed by atoms with Crippen LogP contribution in [0, 0.1) is 24.1 Å². The molecule has 2 aromatic carbocycles. The highest BCUT2D eigenvalue weighted by molar-refractivity contribution is 6.05. The fourth-order valence-corrected chi connectivity index (χ4v) is 2.49. The van der Waals surface area contributed by atoms with Crippen LogP contribution in [0.3, 0.4) is 0 Å². The van der Waals surface area contributed by atoms with Gasteiger partial charge >= 0.3 is 0 Å². The molecule has 0 aliphatic rings. The number of halogens is 1. The van der Waals surface area contributed by atoms with Gasteiger partial charge in [-0.15, -0.1) is 0 Å². The van der Waals surface area contributed by atoms with E-state index >= 15 is 0 Å². The van der Waals surface area contributed by atoms with Gasteiger partial charge in [0.15, 0.2) is 0 Å². The van der Waals surface area contributed by atoms with E-state index in [1.54, 1.807) is 49.4 Å². The zero-order valence-electron chi connectivity index (χ0n) is 13.5. The van der Waals surface area contributed by atoms with Crippen LogP contribution in [0.15, 0.2) is 54.7 Å². The summed E-state index contributed by atoms with van der Waals surface area (Å²) in [6.07, 6.45) is 1.74. The van der Waals surface area contributed by atoms with Crippen molar-refractivity contribution in [2.24, 2.45) is 0 Å². The molecule has 0 saturated heterocycles. The Morgan fingerprint density at radius 1 is 1.24 bits per heavy atom. The molecular formula is C19H15FN4O. The van der Waals surface area contributed by atoms with Crippen LogP contribution >= 0.6 is 0 Å². The lowest BCUT2D eigenvalue weighted by atomic mass is 10.1. The first kappa shape index (κ1) is 16.4. The zero-order valence-corrected chi connectivity index (χ0v) is 13.5. The van der Waals surface area contributed by atoms with E-state index in [9.17, 15) is 9.18 Å². The Hall–Kier alpha value is -3.46. The number of para-hydroxylation sites is 1. The fraction of sp³-hybridized carbons (Fsp3) is 0.105. The second-order valence-electron chi connectivity index (χ2n) is 5.49. The minimum Gasteiger partial charge on any atom is -0.322 e. The Balaban J connectivity index is 1.82. The van der Waals surface area contributed by atoms with Crippen molar-refractivity contribution in [1.82, 2.24) is 9.78 Å². The predicted molar refractivity (Wildman–Crippen MR) is 92.0 cm³/mol. The van der Waals surface area contributed by atoms with Crippen LogP contribution < -0.4 is 5.32 Å². The van der Waals surface area contributed by atoms with Gasteiger partial charge in [-0.2, -0.15) is 10.4 Å². The van der Waals surface area contributed by atoms with Crippen LogP contribution in [-0.2, 0) is 6.42 Å². The first-order valence-corrected chi connectivity index (χ1v) is 7.67. The topological polar surface area (TPSA) is 70.7 Å². The number of hydrogen-bond acceptors (Lipinski definition) is 3. The number of rotatable bonds is 4. The minimum absolute atomic E-state index is 0.292. The van der Waals surface area contributed by atoms with Gasteiger partial charge in [-0.3, -0.25) is 4.79 Å². The number of nitrogens with one attached hydrogen (secondary N) is 1. The van der Waals surface area contributed by atoms with E-state index in [1.807, 2.05) is 0 Å². The van der Waals surface area contributed by atoms with Crippen molar-refractivity contribution in [1.29, 1.82) is 5.26 Å². The van der Waals surface area contributed by atoms with Gasteiger partial charge in [0.05, 0.1) is 29.9 Å². The fourth-order valence-electron chi connectivity index (χ4n) is 2.49. The monoisotopic (exact) mass is 334 g/mol. The molecule has 3 rings (SSSR count). The summed E-state index contributed by atoms with van der Waals surface area (Å²) in [7, 11) is 0. The number of carbonyl (C=O) groups is 1. The van der Waals surface area contributed by atoms with Crippen molar-refractivity contribution < 1.29 is 9.18 Å². The van der Waals surface area contributed by atoms with Gasteiger partial charge < -0.3 is 5.32 Å². The lowest BCUT2D eigenvalue weighted by Crippen LogP contribution is -2.13. The highest BCUT2D eigenvalue weighted by atomic mass is 19.1. The smallest absolute Gasteiger partial charge is 0.259 e. The molecule has 1 amide bonds. The lowest BCUT2D eigenvalue weighted by molar-refractivity contribution is 0.102. The zero-order chi connectivity index (χ0) is 17.8. The van der Waals surface area contributed by atoms with E-state index in [0.29, 0.717) is 29.1 Å². The molecule has 0 aliphatic heterocycles. The Bertz CT molecular complexity index is 954. The minimum atomic E-state index is -0.409. The van der Waals surface area contributed by atoms with Crippen LogP contribution in [-0.4, -0.2) is 15.7 Å². The van der Waals surface area contributed by atoms with E-state index in [4.69, 9.17) is 5.26 Å². The molecule has 0 atom stereocenters. The first-order chi connectivity index (χ1) is 12.1. The molecule has 124 valence electrons. The average molecular weight is 334 g/mol. The summed E-state index contributed by atoms with van der Waals surface area (Å²) in [6.45, 7) is 1.71. The molecule has 0 fully saturated rings. The number of carbonyl (C=O) groups excluding carboxylic acids is 1. The Kier molecular flexibility index (Phi) is 4.57. The van der Waals surface area contributed by atoms with Gasteiger partial charge in [-0.1, -0.05) is 24.3 Å². The second-order valence-corrected chi connectivity index (χ2v) is 5.49. The van der Waals surface area contributed by atoms with Gasteiger partial charge in [0.25, 0.3) is 5.91 Å². The molecule has 0 radical (unpaired) electrons. The SMILES string of the molecule is Cc1c(C(=O)Nc2ccc(CC#N)cc2)cnn1-c1ccccc1F. The summed E-state index contributed by atoms with van der Waals surface area (Å²) in [6, 6.07) is 15.4. The molecule has 1 aromatic heterocycles. The average Bonchev–Trinajstić information content (AvgIpc) is 2.99. The summed E-state index contributed by atoms with van der Waals surface area (Å²) >= 11 is 0. The predicted octanol–water partition coefficient (Wildman–Crippen LogP) is 3.64. The maximum absolute atomic E-state index is 13.9. The number of benzene rings is 2. The molecule has 25 heavy (non-hydrogen) atoms. The van der Waals surface area contributed by atoms with Crippen molar-refractivity contribution >= 4 is 11.6 Å². The Morgan fingerprint density at radius 3 is 2.64 bits per heavy atom. The number of anilines is 1. The summed E-state index contributed by atoms with van der Waals surface area (Å²) in [5, 5.41) is 15.6.